The minimum absolute atomic E-state index is 0.0100. The van der Waals surface area contributed by atoms with E-state index in [9.17, 15) is 19.2 Å². The van der Waals surface area contributed by atoms with E-state index in [0.29, 0.717) is 67.9 Å². The number of amides is 2. The monoisotopic (exact) mass is 900 g/mol. The SMILES string of the molecule is COC(=O)c1ccc(C)c(N(C)C(=O)CSc2nnc(-c3ccco3)c(-c3ccco3)n2)c1.Cc1ccc(C(=O)O)cc1NC(=O)CSc1nnc(-c2ccco2)c(-c2ccco2)n1. The van der Waals surface area contributed by atoms with Crippen LogP contribution in [0, 0.1) is 13.8 Å². The summed E-state index contributed by atoms with van der Waals surface area (Å²) >= 11 is 2.25. The standard InChI is InChI=1S/C23H20N4O5S.C21H16N4O5S/c1-14-8-9-15(22(29)30-3)12-16(14)27(2)19(28)13-33-23-24-20(17-6-4-10-31-17)21(25-26-23)18-7-5-11-32-18;1-12-6-7-13(20(27)28)10-14(12)22-17(26)11-31-21-23-18(15-4-2-8-29-15)19(24-25-21)16-5-3-9-30-16/h4-12H,13H2,1-3H3;2-10H,11H2,1H3,(H,22,26)(H,27,28). The zero-order chi connectivity index (χ0) is 45.2. The van der Waals surface area contributed by atoms with E-state index in [1.807, 2.05) is 6.92 Å². The minimum Gasteiger partial charge on any atom is -0.478 e. The Morgan fingerprint density at radius 2 is 1.12 bits per heavy atom. The predicted molar refractivity (Wildman–Crippen MR) is 235 cm³/mol. The second-order valence-corrected chi connectivity index (χ2v) is 15.3. The lowest BCUT2D eigenvalue weighted by Crippen LogP contribution is -2.29. The van der Waals surface area contributed by atoms with Crippen molar-refractivity contribution in [1.82, 2.24) is 30.4 Å². The number of carboxylic acids is 1. The van der Waals surface area contributed by atoms with Crippen LogP contribution in [-0.4, -0.2) is 84.9 Å². The van der Waals surface area contributed by atoms with Crippen molar-refractivity contribution in [2.75, 3.05) is 35.9 Å². The number of benzene rings is 2. The van der Waals surface area contributed by atoms with Crippen molar-refractivity contribution < 1.29 is 46.7 Å². The molecule has 18 nitrogen and oxygen atoms in total. The highest BCUT2D eigenvalue weighted by Gasteiger charge is 2.22. The molecule has 2 aromatic carbocycles. The minimum atomic E-state index is -1.06. The van der Waals surface area contributed by atoms with Crippen LogP contribution in [0.4, 0.5) is 11.4 Å². The molecule has 0 fully saturated rings. The molecule has 0 aliphatic heterocycles. The Morgan fingerprint density at radius 3 is 1.61 bits per heavy atom. The van der Waals surface area contributed by atoms with Crippen LogP contribution in [0.25, 0.3) is 45.8 Å². The van der Waals surface area contributed by atoms with Crippen LogP contribution in [0.15, 0.2) is 138 Å². The van der Waals surface area contributed by atoms with E-state index in [-0.39, 0.29) is 34.0 Å². The van der Waals surface area contributed by atoms with Crippen LogP contribution in [0.3, 0.4) is 0 Å². The molecule has 0 spiro atoms. The van der Waals surface area contributed by atoms with Gasteiger partial charge in [-0.1, -0.05) is 35.7 Å². The van der Waals surface area contributed by atoms with Crippen molar-refractivity contribution in [3.8, 4) is 45.8 Å². The number of carboxylic acid groups (broad SMARTS) is 1. The number of methoxy groups -OCH3 is 1. The van der Waals surface area contributed by atoms with Gasteiger partial charge in [-0.3, -0.25) is 9.59 Å². The Morgan fingerprint density at radius 1 is 0.641 bits per heavy atom. The van der Waals surface area contributed by atoms with Crippen molar-refractivity contribution in [1.29, 1.82) is 0 Å². The van der Waals surface area contributed by atoms with Gasteiger partial charge in [-0.15, -0.1) is 20.4 Å². The Bertz CT molecular complexity index is 2890. The molecule has 20 heteroatoms. The summed E-state index contributed by atoms with van der Waals surface area (Å²) in [5.74, 6) is 0.0416. The molecule has 8 rings (SSSR count). The molecule has 324 valence electrons. The van der Waals surface area contributed by atoms with Gasteiger partial charge in [-0.05, 0) is 97.8 Å². The number of anilines is 2. The Labute approximate surface area is 372 Å². The van der Waals surface area contributed by atoms with Crippen LogP contribution in [0.1, 0.15) is 31.8 Å². The van der Waals surface area contributed by atoms with E-state index in [1.54, 1.807) is 93.0 Å². The molecule has 0 saturated carbocycles. The number of carbonyl (C=O) groups is 4. The first kappa shape index (κ1) is 44.2. The van der Waals surface area contributed by atoms with E-state index >= 15 is 0 Å². The molecule has 6 aromatic heterocycles. The van der Waals surface area contributed by atoms with Gasteiger partial charge >= 0.3 is 11.9 Å². The molecule has 64 heavy (non-hydrogen) atoms. The summed E-state index contributed by atoms with van der Waals surface area (Å²) in [7, 11) is 2.97. The summed E-state index contributed by atoms with van der Waals surface area (Å²) in [6.07, 6.45) is 6.13. The van der Waals surface area contributed by atoms with Gasteiger partial charge in [0.25, 0.3) is 0 Å². The number of nitrogens with one attached hydrogen (secondary N) is 1. The molecule has 2 amide bonds. The van der Waals surface area contributed by atoms with E-state index in [1.165, 1.54) is 42.9 Å². The maximum absolute atomic E-state index is 12.9. The molecule has 0 unspecified atom stereocenters. The molecule has 0 saturated heterocycles. The van der Waals surface area contributed by atoms with E-state index < -0.39 is 11.9 Å². The average molecular weight is 901 g/mol. The molecule has 6 heterocycles. The third-order valence-electron chi connectivity index (χ3n) is 9.13. The van der Waals surface area contributed by atoms with Gasteiger partial charge in [-0.2, -0.15) is 0 Å². The predicted octanol–water partition coefficient (Wildman–Crippen LogP) is 8.37. The maximum Gasteiger partial charge on any atom is 0.337 e. The largest absolute Gasteiger partial charge is 0.478 e. The quantitative estimate of drug-likeness (QED) is 0.0769. The summed E-state index contributed by atoms with van der Waals surface area (Å²) < 4.78 is 26.6. The zero-order valence-corrected chi connectivity index (χ0v) is 36.0. The van der Waals surface area contributed by atoms with Crippen LogP contribution in [0.5, 0.6) is 0 Å². The summed E-state index contributed by atoms with van der Waals surface area (Å²) in [6.45, 7) is 3.65. The van der Waals surface area contributed by atoms with Gasteiger partial charge in [0.1, 0.15) is 11.4 Å². The van der Waals surface area contributed by atoms with Crippen LogP contribution in [0.2, 0.25) is 0 Å². The normalized spacial score (nSPS) is 10.8. The first-order valence-electron chi connectivity index (χ1n) is 19.0. The zero-order valence-electron chi connectivity index (χ0n) is 34.4. The highest BCUT2D eigenvalue weighted by molar-refractivity contribution is 8.00. The molecule has 0 aliphatic rings. The van der Waals surface area contributed by atoms with Crippen LogP contribution < -0.4 is 10.2 Å². The van der Waals surface area contributed by atoms with Crippen molar-refractivity contribution >= 4 is 58.7 Å². The summed E-state index contributed by atoms with van der Waals surface area (Å²) in [6, 6.07) is 23.6. The molecule has 2 N–H and O–H groups in total. The lowest BCUT2D eigenvalue weighted by Gasteiger charge is -2.20. The number of carbonyl (C=O) groups excluding carboxylic acids is 3. The number of hydrogen-bond donors (Lipinski definition) is 2. The van der Waals surface area contributed by atoms with Crippen LogP contribution in [-0.2, 0) is 14.3 Å². The van der Waals surface area contributed by atoms with Gasteiger partial charge in [0, 0.05) is 18.4 Å². The fourth-order valence-corrected chi connectivity index (χ4v) is 7.14. The van der Waals surface area contributed by atoms with Crippen molar-refractivity contribution in [3.63, 3.8) is 0 Å². The molecule has 0 bridgehead atoms. The maximum atomic E-state index is 12.9. The third-order valence-corrected chi connectivity index (χ3v) is 10.8. The van der Waals surface area contributed by atoms with E-state index in [4.69, 9.17) is 27.5 Å². The number of aromatic carboxylic acids is 1. The number of esters is 1. The molecule has 0 radical (unpaired) electrons. The molecular formula is C44H36N8O10S2. The second kappa shape index (κ2) is 20.4. The number of thioether (sulfide) groups is 2. The molecule has 0 aliphatic carbocycles. The Hall–Kier alpha value is -7.84. The number of ether oxygens (including phenoxy) is 1. The van der Waals surface area contributed by atoms with Gasteiger partial charge < -0.3 is 37.7 Å². The van der Waals surface area contributed by atoms with Gasteiger partial charge in [-0.25, -0.2) is 19.6 Å². The fourth-order valence-electron chi connectivity index (χ4n) is 5.85. The van der Waals surface area contributed by atoms with Crippen molar-refractivity contribution in [2.45, 2.75) is 24.2 Å². The lowest BCUT2D eigenvalue weighted by molar-refractivity contribution is -0.116. The van der Waals surface area contributed by atoms with Crippen molar-refractivity contribution in [2.24, 2.45) is 0 Å². The second-order valence-electron chi connectivity index (χ2n) is 13.4. The highest BCUT2D eigenvalue weighted by atomic mass is 32.2. The highest BCUT2D eigenvalue weighted by Crippen LogP contribution is 2.32. The Kier molecular flexibility index (Phi) is 14.1. The smallest absolute Gasteiger partial charge is 0.337 e. The topological polar surface area (TPSA) is 243 Å². The number of aromatic nitrogens is 6. The number of aryl methyl sites for hydroxylation is 2. The van der Waals surface area contributed by atoms with Gasteiger partial charge in [0.2, 0.25) is 22.1 Å². The van der Waals surface area contributed by atoms with Crippen molar-refractivity contribution in [3.05, 3.63) is 132 Å². The number of rotatable bonds is 14. The number of hydrogen-bond acceptors (Lipinski definition) is 17. The summed E-state index contributed by atoms with van der Waals surface area (Å²) in [5.41, 5.74) is 4.91. The van der Waals surface area contributed by atoms with Crippen LogP contribution >= 0.6 is 23.5 Å². The van der Waals surface area contributed by atoms with E-state index in [0.717, 1.165) is 34.7 Å². The van der Waals surface area contributed by atoms with E-state index in [2.05, 4.69) is 35.7 Å². The summed E-state index contributed by atoms with van der Waals surface area (Å²) in [5, 5.41) is 29.1. The number of nitrogens with zero attached hydrogens (tertiary/aromatic N) is 7. The first-order chi connectivity index (χ1) is 31.0. The summed E-state index contributed by atoms with van der Waals surface area (Å²) in [4.78, 5) is 58.8. The van der Waals surface area contributed by atoms with Gasteiger partial charge in [0.15, 0.2) is 34.4 Å². The molecular weight excluding hydrogens is 865 g/mol. The lowest BCUT2D eigenvalue weighted by atomic mass is 10.1. The fraction of sp³-hybridized carbons (Fsp3) is 0.136. The molecule has 0 atom stereocenters. The van der Waals surface area contributed by atoms with Gasteiger partial charge in [0.05, 0.1) is 54.8 Å². The Balaban J connectivity index is 0.000000192. The molecule has 8 aromatic rings. The first-order valence-corrected chi connectivity index (χ1v) is 21.0. The average Bonchev–Trinajstić information content (AvgIpc) is 4.17. The number of furan rings is 4. The third kappa shape index (κ3) is 10.6.